The van der Waals surface area contributed by atoms with Crippen LogP contribution in [0.25, 0.3) is 0 Å². The maximum atomic E-state index is 10.3. The highest BCUT2D eigenvalue weighted by atomic mass is 35.5. The molecule has 4 nitrogen and oxygen atoms in total. The lowest BCUT2D eigenvalue weighted by Gasteiger charge is -2.18. The van der Waals surface area contributed by atoms with Gasteiger partial charge in [-0.25, -0.2) is 0 Å². The molecule has 0 aliphatic heterocycles. The number of halogens is 1. The van der Waals surface area contributed by atoms with Gasteiger partial charge in [0.25, 0.3) is 0 Å². The van der Waals surface area contributed by atoms with Gasteiger partial charge in [0, 0.05) is 28.4 Å². The minimum Gasteiger partial charge on any atom is -0.386 e. The van der Waals surface area contributed by atoms with Gasteiger partial charge in [0.2, 0.25) is 0 Å². The van der Waals surface area contributed by atoms with Crippen LogP contribution in [0.1, 0.15) is 37.9 Å². The molecule has 2 rings (SSSR count). The number of nitrogens with zero attached hydrogens (tertiary/aromatic N) is 1. The van der Waals surface area contributed by atoms with Gasteiger partial charge in [-0.2, -0.15) is 11.8 Å². The van der Waals surface area contributed by atoms with E-state index in [4.69, 9.17) is 11.6 Å². The number of guanidine groups is 1. The highest BCUT2D eigenvalue weighted by Crippen LogP contribution is 2.28. The first-order valence-electron chi connectivity index (χ1n) is 8.14. The van der Waals surface area contributed by atoms with Crippen molar-refractivity contribution in [2.24, 2.45) is 4.99 Å². The van der Waals surface area contributed by atoms with E-state index in [9.17, 15) is 5.11 Å². The van der Waals surface area contributed by atoms with Crippen LogP contribution in [0.4, 0.5) is 0 Å². The zero-order valence-electron chi connectivity index (χ0n) is 13.8. The fraction of sp³-hybridized carbons (Fsp3) is 0.588. The van der Waals surface area contributed by atoms with Gasteiger partial charge < -0.3 is 15.7 Å². The quantitative estimate of drug-likeness (QED) is 0.541. The second-order valence-corrected chi connectivity index (χ2v) is 7.31. The Bertz CT molecular complexity index is 526. The van der Waals surface area contributed by atoms with E-state index in [1.807, 2.05) is 36.9 Å². The van der Waals surface area contributed by atoms with Crippen LogP contribution in [-0.2, 0) is 0 Å². The second kappa shape index (κ2) is 9.40. The SMILES string of the molecule is CCNC(=NCC(O)c1ccccc1Cl)NC1CCC(SC)C1. The van der Waals surface area contributed by atoms with Crippen LogP contribution in [0.2, 0.25) is 5.02 Å². The molecule has 6 heteroatoms. The summed E-state index contributed by atoms with van der Waals surface area (Å²) >= 11 is 8.06. The zero-order valence-corrected chi connectivity index (χ0v) is 15.3. The number of benzene rings is 1. The van der Waals surface area contributed by atoms with Crippen LogP contribution in [0.15, 0.2) is 29.3 Å². The molecule has 0 radical (unpaired) electrons. The Hall–Kier alpha value is -0.910. The largest absolute Gasteiger partial charge is 0.386 e. The van der Waals surface area contributed by atoms with E-state index in [0.717, 1.165) is 23.3 Å². The van der Waals surface area contributed by atoms with Crippen molar-refractivity contribution in [3.8, 4) is 0 Å². The maximum absolute atomic E-state index is 10.3. The summed E-state index contributed by atoms with van der Waals surface area (Å²) in [7, 11) is 0. The fourth-order valence-corrected chi connectivity index (χ4v) is 3.88. The van der Waals surface area contributed by atoms with Crippen molar-refractivity contribution in [1.82, 2.24) is 10.6 Å². The minimum atomic E-state index is -0.693. The lowest BCUT2D eigenvalue weighted by molar-refractivity contribution is 0.187. The van der Waals surface area contributed by atoms with E-state index in [1.165, 1.54) is 19.3 Å². The second-order valence-electron chi connectivity index (χ2n) is 5.77. The Morgan fingerprint density at radius 2 is 2.22 bits per heavy atom. The first-order valence-corrected chi connectivity index (χ1v) is 9.80. The highest BCUT2D eigenvalue weighted by molar-refractivity contribution is 7.99. The molecule has 0 heterocycles. The summed E-state index contributed by atoms with van der Waals surface area (Å²) in [5.41, 5.74) is 0.720. The van der Waals surface area contributed by atoms with Gasteiger partial charge in [0.05, 0.1) is 6.54 Å². The molecule has 23 heavy (non-hydrogen) atoms. The predicted molar refractivity (Wildman–Crippen MR) is 100 cm³/mol. The topological polar surface area (TPSA) is 56.7 Å². The van der Waals surface area contributed by atoms with Crippen molar-refractivity contribution in [2.45, 2.75) is 43.6 Å². The standard InChI is InChI=1S/C17H26ClN3OS/c1-3-19-17(21-12-8-9-13(10-12)23-2)20-11-16(22)14-6-4-5-7-15(14)18/h4-7,12-13,16,22H,3,8-11H2,1-2H3,(H2,19,20,21). The van der Waals surface area contributed by atoms with E-state index in [2.05, 4.69) is 21.9 Å². The summed E-state index contributed by atoms with van der Waals surface area (Å²) in [4.78, 5) is 4.52. The van der Waals surface area contributed by atoms with Gasteiger partial charge >= 0.3 is 0 Å². The summed E-state index contributed by atoms with van der Waals surface area (Å²) in [6, 6.07) is 7.81. The lowest BCUT2D eigenvalue weighted by atomic mass is 10.1. The summed E-state index contributed by atoms with van der Waals surface area (Å²) in [5, 5.41) is 18.4. The molecule has 0 amide bonds. The zero-order chi connectivity index (χ0) is 16.7. The van der Waals surface area contributed by atoms with Crippen molar-refractivity contribution in [3.63, 3.8) is 0 Å². The summed E-state index contributed by atoms with van der Waals surface area (Å²) in [5.74, 6) is 0.769. The van der Waals surface area contributed by atoms with Crippen molar-refractivity contribution in [3.05, 3.63) is 34.9 Å². The maximum Gasteiger partial charge on any atom is 0.191 e. The number of hydrogen-bond donors (Lipinski definition) is 3. The molecular formula is C17H26ClN3OS. The van der Waals surface area contributed by atoms with Crippen LogP contribution in [0.3, 0.4) is 0 Å². The third-order valence-corrected chi connectivity index (χ3v) is 5.53. The average molecular weight is 356 g/mol. The first kappa shape index (κ1) is 18.4. The van der Waals surface area contributed by atoms with Gasteiger partial charge in [-0.05, 0) is 38.5 Å². The van der Waals surface area contributed by atoms with Gasteiger partial charge in [-0.15, -0.1) is 0 Å². The number of aliphatic hydroxyl groups is 1. The molecule has 1 aromatic rings. The molecule has 0 spiro atoms. The molecule has 1 aromatic carbocycles. The van der Waals surface area contributed by atoms with Crippen LogP contribution >= 0.6 is 23.4 Å². The van der Waals surface area contributed by atoms with Gasteiger partial charge in [-0.1, -0.05) is 29.8 Å². The monoisotopic (exact) mass is 355 g/mol. The highest BCUT2D eigenvalue weighted by Gasteiger charge is 2.24. The molecule has 1 fully saturated rings. The molecule has 0 aromatic heterocycles. The third kappa shape index (κ3) is 5.59. The van der Waals surface area contributed by atoms with Crippen LogP contribution < -0.4 is 10.6 Å². The van der Waals surface area contributed by atoms with Crippen molar-refractivity contribution >= 4 is 29.3 Å². The number of thioether (sulfide) groups is 1. The molecule has 1 aliphatic rings. The van der Waals surface area contributed by atoms with Gasteiger partial charge in [0.1, 0.15) is 6.10 Å². The van der Waals surface area contributed by atoms with Crippen molar-refractivity contribution < 1.29 is 5.11 Å². The van der Waals surface area contributed by atoms with E-state index >= 15 is 0 Å². The number of nitrogens with one attached hydrogen (secondary N) is 2. The Balaban J connectivity index is 1.94. The summed E-state index contributed by atoms with van der Waals surface area (Å²) in [6.07, 6.45) is 5.07. The molecule has 3 N–H and O–H groups in total. The summed E-state index contributed by atoms with van der Waals surface area (Å²) in [6.45, 7) is 3.13. The van der Waals surface area contributed by atoms with E-state index in [0.29, 0.717) is 11.1 Å². The third-order valence-electron chi connectivity index (χ3n) is 4.09. The number of hydrogen-bond acceptors (Lipinski definition) is 3. The fourth-order valence-electron chi connectivity index (χ4n) is 2.82. The molecule has 0 saturated heterocycles. The van der Waals surface area contributed by atoms with Crippen molar-refractivity contribution in [2.75, 3.05) is 19.3 Å². The Morgan fingerprint density at radius 3 is 2.87 bits per heavy atom. The first-order chi connectivity index (χ1) is 11.1. The summed E-state index contributed by atoms with van der Waals surface area (Å²) < 4.78 is 0. The number of aliphatic imine (C=N–C) groups is 1. The molecule has 3 unspecified atom stereocenters. The average Bonchev–Trinajstić information content (AvgIpc) is 3.00. The lowest BCUT2D eigenvalue weighted by Crippen LogP contribution is -2.42. The van der Waals surface area contributed by atoms with Gasteiger partial charge in [0.15, 0.2) is 5.96 Å². The predicted octanol–water partition coefficient (Wildman–Crippen LogP) is 3.21. The molecular weight excluding hydrogens is 330 g/mol. The minimum absolute atomic E-state index is 0.289. The van der Waals surface area contributed by atoms with Crippen LogP contribution in [0, 0.1) is 0 Å². The normalized spacial score (nSPS) is 22.9. The molecule has 3 atom stereocenters. The number of rotatable bonds is 6. The van der Waals surface area contributed by atoms with Crippen LogP contribution in [0.5, 0.6) is 0 Å². The van der Waals surface area contributed by atoms with E-state index < -0.39 is 6.10 Å². The van der Waals surface area contributed by atoms with Gasteiger partial charge in [-0.3, -0.25) is 4.99 Å². The van der Waals surface area contributed by atoms with Crippen LogP contribution in [-0.4, -0.2) is 41.7 Å². The Morgan fingerprint density at radius 1 is 1.43 bits per heavy atom. The van der Waals surface area contributed by atoms with E-state index in [1.54, 1.807) is 6.07 Å². The molecule has 1 saturated carbocycles. The molecule has 0 bridgehead atoms. The van der Waals surface area contributed by atoms with E-state index in [-0.39, 0.29) is 6.54 Å². The number of aliphatic hydroxyl groups excluding tert-OH is 1. The van der Waals surface area contributed by atoms with Crippen molar-refractivity contribution in [1.29, 1.82) is 0 Å². The Kier molecular flexibility index (Phi) is 7.53. The smallest absolute Gasteiger partial charge is 0.191 e. The Labute approximate surface area is 148 Å². The molecule has 1 aliphatic carbocycles. The molecule has 128 valence electrons.